The molecular weight excluding hydrogens is 395 g/mol. The van der Waals surface area contributed by atoms with Gasteiger partial charge in [-0.15, -0.1) is 0 Å². The van der Waals surface area contributed by atoms with E-state index < -0.39 is 0 Å². The first-order chi connectivity index (χ1) is 8.02. The molecule has 1 aromatic heterocycles. The SMILES string of the molecule is Cc1nn(C(=O)c2ccccc2I)c(C)c1Br. The first-order valence-electron chi connectivity index (χ1n) is 5.03. The van der Waals surface area contributed by atoms with Crippen molar-refractivity contribution in [3.05, 3.63) is 49.3 Å². The molecule has 1 aromatic carbocycles. The number of benzene rings is 1. The summed E-state index contributed by atoms with van der Waals surface area (Å²) >= 11 is 5.58. The Morgan fingerprint density at radius 3 is 2.53 bits per heavy atom. The molecule has 0 aliphatic carbocycles. The smallest absolute Gasteiger partial charge is 0.267 e. The van der Waals surface area contributed by atoms with E-state index in [1.807, 2.05) is 38.1 Å². The van der Waals surface area contributed by atoms with E-state index in [4.69, 9.17) is 0 Å². The van der Waals surface area contributed by atoms with E-state index in [1.54, 1.807) is 0 Å². The van der Waals surface area contributed by atoms with E-state index in [2.05, 4.69) is 43.6 Å². The van der Waals surface area contributed by atoms with Gasteiger partial charge in [-0.05, 0) is 64.5 Å². The van der Waals surface area contributed by atoms with Crippen LogP contribution in [0.2, 0.25) is 0 Å². The maximum Gasteiger partial charge on any atom is 0.279 e. The second kappa shape index (κ2) is 4.89. The van der Waals surface area contributed by atoms with E-state index in [-0.39, 0.29) is 5.91 Å². The van der Waals surface area contributed by atoms with E-state index >= 15 is 0 Å². The van der Waals surface area contributed by atoms with Gasteiger partial charge >= 0.3 is 0 Å². The molecule has 0 N–H and O–H groups in total. The largest absolute Gasteiger partial charge is 0.279 e. The van der Waals surface area contributed by atoms with Gasteiger partial charge in [0.05, 0.1) is 21.4 Å². The van der Waals surface area contributed by atoms with Crippen LogP contribution < -0.4 is 0 Å². The van der Waals surface area contributed by atoms with Gasteiger partial charge < -0.3 is 0 Å². The molecule has 0 saturated carbocycles. The highest BCUT2D eigenvalue weighted by Gasteiger charge is 2.17. The fraction of sp³-hybridized carbons (Fsp3) is 0.167. The Morgan fingerprint density at radius 1 is 1.35 bits per heavy atom. The molecule has 1 heterocycles. The van der Waals surface area contributed by atoms with Crippen molar-refractivity contribution in [2.24, 2.45) is 0 Å². The lowest BCUT2D eigenvalue weighted by atomic mass is 10.2. The topological polar surface area (TPSA) is 34.9 Å². The molecule has 0 radical (unpaired) electrons. The van der Waals surface area contributed by atoms with Crippen LogP contribution in [0.25, 0.3) is 0 Å². The summed E-state index contributed by atoms with van der Waals surface area (Å²) in [6, 6.07) is 7.49. The molecule has 0 aliphatic rings. The Hall–Kier alpha value is -0.690. The summed E-state index contributed by atoms with van der Waals surface area (Å²) in [4.78, 5) is 12.3. The van der Waals surface area contributed by atoms with Crippen LogP contribution in [0.1, 0.15) is 21.7 Å². The van der Waals surface area contributed by atoms with E-state index in [1.165, 1.54) is 4.68 Å². The van der Waals surface area contributed by atoms with E-state index in [0.29, 0.717) is 5.56 Å². The molecule has 0 aliphatic heterocycles. The lowest BCUT2D eigenvalue weighted by Gasteiger charge is -2.05. The van der Waals surface area contributed by atoms with Gasteiger partial charge in [-0.2, -0.15) is 9.78 Å². The standard InChI is InChI=1S/C12H10BrIN2O/c1-7-11(13)8(2)16(15-7)12(17)9-5-3-4-6-10(9)14/h3-6H,1-2H3. The summed E-state index contributed by atoms with van der Waals surface area (Å²) in [6.45, 7) is 3.74. The summed E-state index contributed by atoms with van der Waals surface area (Å²) in [6.07, 6.45) is 0. The van der Waals surface area contributed by atoms with Crippen molar-refractivity contribution >= 4 is 44.4 Å². The number of nitrogens with zero attached hydrogens (tertiary/aromatic N) is 2. The Kier molecular flexibility index (Phi) is 3.67. The number of hydrogen-bond donors (Lipinski definition) is 0. The number of halogens is 2. The number of aromatic nitrogens is 2. The fourth-order valence-corrected chi connectivity index (χ4v) is 2.44. The minimum atomic E-state index is -0.0960. The first kappa shape index (κ1) is 12.8. The zero-order valence-corrected chi connectivity index (χ0v) is 13.1. The van der Waals surface area contributed by atoms with Crippen molar-refractivity contribution in [3.63, 3.8) is 0 Å². The van der Waals surface area contributed by atoms with E-state index in [9.17, 15) is 4.79 Å². The number of rotatable bonds is 1. The molecule has 3 nitrogen and oxygen atoms in total. The number of carbonyl (C=O) groups is 1. The van der Waals surface area contributed by atoms with Crippen LogP contribution in [0, 0.1) is 17.4 Å². The zero-order chi connectivity index (χ0) is 12.6. The molecule has 0 spiro atoms. The maximum absolute atomic E-state index is 12.3. The molecular formula is C12H10BrIN2O. The molecule has 17 heavy (non-hydrogen) atoms. The molecule has 0 fully saturated rings. The lowest BCUT2D eigenvalue weighted by molar-refractivity contribution is 0.0941. The minimum absolute atomic E-state index is 0.0960. The Morgan fingerprint density at radius 2 is 2.00 bits per heavy atom. The minimum Gasteiger partial charge on any atom is -0.267 e. The Bertz CT molecular complexity index is 592. The molecule has 88 valence electrons. The molecule has 2 aromatic rings. The van der Waals surface area contributed by atoms with Crippen LogP contribution in [-0.2, 0) is 0 Å². The van der Waals surface area contributed by atoms with Crippen molar-refractivity contribution in [3.8, 4) is 0 Å². The van der Waals surface area contributed by atoms with Crippen molar-refractivity contribution in [1.82, 2.24) is 9.78 Å². The van der Waals surface area contributed by atoms with Gasteiger partial charge in [-0.3, -0.25) is 4.79 Å². The zero-order valence-electron chi connectivity index (χ0n) is 9.37. The predicted molar refractivity (Wildman–Crippen MR) is 78.3 cm³/mol. The molecule has 0 unspecified atom stereocenters. The Balaban J connectivity index is 2.52. The molecule has 0 atom stereocenters. The van der Waals surface area contributed by atoms with Gasteiger partial charge in [-0.1, -0.05) is 12.1 Å². The van der Waals surface area contributed by atoms with Crippen LogP contribution in [0.4, 0.5) is 0 Å². The van der Waals surface area contributed by atoms with Crippen LogP contribution in [0.5, 0.6) is 0 Å². The average Bonchev–Trinajstić information content (AvgIpc) is 2.57. The highest BCUT2D eigenvalue weighted by molar-refractivity contribution is 14.1. The molecule has 0 bridgehead atoms. The molecule has 2 rings (SSSR count). The predicted octanol–water partition coefficient (Wildman–Crippen LogP) is 3.56. The van der Waals surface area contributed by atoms with Gasteiger partial charge in [0.15, 0.2) is 0 Å². The van der Waals surface area contributed by atoms with Crippen molar-refractivity contribution in [1.29, 1.82) is 0 Å². The van der Waals surface area contributed by atoms with Crippen molar-refractivity contribution in [2.75, 3.05) is 0 Å². The van der Waals surface area contributed by atoms with Gasteiger partial charge in [0.2, 0.25) is 0 Å². The van der Waals surface area contributed by atoms with Crippen LogP contribution >= 0.6 is 38.5 Å². The number of aryl methyl sites for hydroxylation is 1. The van der Waals surface area contributed by atoms with Crippen LogP contribution in [0.15, 0.2) is 28.7 Å². The number of carbonyl (C=O) groups excluding carboxylic acids is 1. The third-order valence-corrected chi connectivity index (χ3v) is 4.59. The van der Waals surface area contributed by atoms with Gasteiger partial charge in [-0.25, -0.2) is 0 Å². The lowest BCUT2D eigenvalue weighted by Crippen LogP contribution is -2.16. The number of hydrogen-bond acceptors (Lipinski definition) is 2. The maximum atomic E-state index is 12.3. The summed E-state index contributed by atoms with van der Waals surface area (Å²) in [7, 11) is 0. The second-order valence-corrected chi connectivity index (χ2v) is 5.64. The fourth-order valence-electron chi connectivity index (χ4n) is 1.57. The van der Waals surface area contributed by atoms with Crippen molar-refractivity contribution < 1.29 is 4.79 Å². The van der Waals surface area contributed by atoms with Crippen LogP contribution in [0.3, 0.4) is 0 Å². The monoisotopic (exact) mass is 404 g/mol. The molecule has 0 saturated heterocycles. The second-order valence-electron chi connectivity index (χ2n) is 3.68. The summed E-state index contributed by atoms with van der Waals surface area (Å²) in [5, 5.41) is 4.24. The van der Waals surface area contributed by atoms with Crippen molar-refractivity contribution in [2.45, 2.75) is 13.8 Å². The van der Waals surface area contributed by atoms with E-state index in [0.717, 1.165) is 19.4 Å². The highest BCUT2D eigenvalue weighted by atomic mass is 127. The first-order valence-corrected chi connectivity index (χ1v) is 6.90. The highest BCUT2D eigenvalue weighted by Crippen LogP contribution is 2.21. The summed E-state index contributed by atoms with van der Waals surface area (Å²) in [5.41, 5.74) is 2.32. The average molecular weight is 405 g/mol. The third kappa shape index (κ3) is 2.30. The normalized spacial score (nSPS) is 10.6. The van der Waals surface area contributed by atoms with Gasteiger partial charge in [0, 0.05) is 3.57 Å². The van der Waals surface area contributed by atoms with Gasteiger partial charge in [0.1, 0.15) is 0 Å². The Labute approximate surface area is 121 Å². The van der Waals surface area contributed by atoms with Crippen LogP contribution in [-0.4, -0.2) is 15.7 Å². The third-order valence-electron chi connectivity index (χ3n) is 2.50. The summed E-state index contributed by atoms with van der Waals surface area (Å²) in [5.74, 6) is -0.0960. The molecule has 0 amide bonds. The quantitative estimate of drug-likeness (QED) is 0.681. The molecule has 5 heteroatoms. The van der Waals surface area contributed by atoms with Gasteiger partial charge in [0.25, 0.3) is 5.91 Å². The summed E-state index contributed by atoms with van der Waals surface area (Å²) < 4.78 is 3.26.